The number of rotatable bonds is 8. The third-order valence-electron chi connectivity index (χ3n) is 5.91. The van der Waals surface area contributed by atoms with Gasteiger partial charge in [-0.3, -0.25) is 14.8 Å². The lowest BCUT2D eigenvalue weighted by molar-refractivity contribution is 0.157. The van der Waals surface area contributed by atoms with E-state index in [1.807, 2.05) is 6.20 Å². The quantitative estimate of drug-likeness (QED) is 0.588. The fourth-order valence-electron chi connectivity index (χ4n) is 4.33. The van der Waals surface area contributed by atoms with Crippen molar-refractivity contribution < 1.29 is 4.74 Å². The first-order valence-corrected chi connectivity index (χ1v) is 10.4. The summed E-state index contributed by atoms with van der Waals surface area (Å²) in [5, 5.41) is 0. The van der Waals surface area contributed by atoms with E-state index in [9.17, 15) is 0 Å². The maximum atomic E-state index is 5.25. The average molecular weight is 394 g/mol. The van der Waals surface area contributed by atoms with Crippen LogP contribution in [0, 0.1) is 0 Å². The lowest BCUT2D eigenvalue weighted by Crippen LogP contribution is -2.29. The molecule has 0 saturated heterocycles. The molecule has 1 aliphatic carbocycles. The maximum Gasteiger partial charge on any atom is 0.137 e. The van der Waals surface area contributed by atoms with Crippen LogP contribution in [0.25, 0.3) is 5.65 Å². The number of hydrogen-bond donors (Lipinski definition) is 0. The van der Waals surface area contributed by atoms with Gasteiger partial charge < -0.3 is 9.14 Å². The Bertz CT molecular complexity index is 953. The van der Waals surface area contributed by atoms with Crippen molar-refractivity contribution >= 4 is 5.65 Å². The summed E-state index contributed by atoms with van der Waals surface area (Å²) in [4.78, 5) is 14.4. The minimum absolute atomic E-state index is 0.351. The Hall–Kier alpha value is -2.28. The second-order valence-electron chi connectivity index (χ2n) is 8.04. The van der Waals surface area contributed by atoms with E-state index in [0.717, 1.165) is 50.4 Å². The predicted molar refractivity (Wildman–Crippen MR) is 115 cm³/mol. The van der Waals surface area contributed by atoms with Crippen molar-refractivity contribution in [2.24, 2.45) is 0 Å². The van der Waals surface area contributed by atoms with Gasteiger partial charge in [0.2, 0.25) is 0 Å². The van der Waals surface area contributed by atoms with E-state index < -0.39 is 0 Å². The molecule has 0 aliphatic heterocycles. The van der Waals surface area contributed by atoms with Crippen molar-refractivity contribution in [3.63, 3.8) is 0 Å². The number of methoxy groups -OCH3 is 1. The largest absolute Gasteiger partial charge is 0.383 e. The van der Waals surface area contributed by atoms with Gasteiger partial charge >= 0.3 is 0 Å². The summed E-state index contributed by atoms with van der Waals surface area (Å²) in [5.74, 6) is 0. The molecule has 0 bridgehead atoms. The van der Waals surface area contributed by atoms with Gasteiger partial charge in [0.25, 0.3) is 0 Å². The maximum absolute atomic E-state index is 5.25. The van der Waals surface area contributed by atoms with Gasteiger partial charge in [-0.1, -0.05) is 12.1 Å². The molecular weight excluding hydrogens is 362 g/mol. The molecule has 6 nitrogen and oxygen atoms in total. The number of likely N-dealkylation sites (N-methyl/N-ethyl adjacent to an activating group) is 1. The van der Waals surface area contributed by atoms with Crippen LogP contribution >= 0.6 is 0 Å². The molecule has 0 amide bonds. The summed E-state index contributed by atoms with van der Waals surface area (Å²) in [7, 11) is 6.09. The molecule has 3 aromatic heterocycles. The molecule has 154 valence electrons. The fraction of sp³-hybridized carbons (Fsp3) is 0.478. The second kappa shape index (κ2) is 9.03. The molecule has 0 unspecified atom stereocenters. The number of aryl methyl sites for hydroxylation is 1. The Labute approximate surface area is 173 Å². The molecule has 1 aliphatic rings. The number of imidazole rings is 1. The third kappa shape index (κ3) is 4.34. The van der Waals surface area contributed by atoms with Crippen molar-refractivity contribution in [2.45, 2.75) is 38.4 Å². The Kier molecular flexibility index (Phi) is 6.23. The van der Waals surface area contributed by atoms with E-state index in [0.29, 0.717) is 6.04 Å². The average Bonchev–Trinajstić information content (AvgIpc) is 3.08. The van der Waals surface area contributed by atoms with Crippen LogP contribution in [0.2, 0.25) is 0 Å². The van der Waals surface area contributed by atoms with Crippen LogP contribution in [0.4, 0.5) is 0 Å². The molecule has 3 aromatic rings. The Balaban J connectivity index is 1.60. The molecule has 0 saturated carbocycles. The highest BCUT2D eigenvalue weighted by Crippen LogP contribution is 2.33. The van der Waals surface area contributed by atoms with Crippen LogP contribution in [0.5, 0.6) is 0 Å². The molecule has 0 N–H and O–H groups in total. The zero-order valence-electron chi connectivity index (χ0n) is 17.7. The Morgan fingerprint density at radius 2 is 2.07 bits per heavy atom. The standard InChI is InChI=1S/C23H31N5O/c1-26(14-15-29-3)17-21-19(25-22-11-4-5-13-28(21)22)16-27(2)20-10-6-8-18-9-7-12-24-23(18)20/h4-5,7,9,11-13,20H,6,8,10,14-17H2,1-3H3/t20-/m0/s1. The van der Waals surface area contributed by atoms with E-state index in [1.165, 1.54) is 23.4 Å². The van der Waals surface area contributed by atoms with E-state index >= 15 is 0 Å². The number of ether oxygens (including phenoxy) is 1. The minimum Gasteiger partial charge on any atom is -0.383 e. The molecule has 3 heterocycles. The normalized spacial score (nSPS) is 16.7. The van der Waals surface area contributed by atoms with Crippen molar-refractivity contribution in [1.29, 1.82) is 0 Å². The zero-order valence-corrected chi connectivity index (χ0v) is 17.7. The van der Waals surface area contributed by atoms with E-state index in [1.54, 1.807) is 7.11 Å². The van der Waals surface area contributed by atoms with Crippen molar-refractivity contribution in [3.05, 3.63) is 65.4 Å². The molecular formula is C23H31N5O. The highest BCUT2D eigenvalue weighted by molar-refractivity contribution is 5.43. The molecule has 0 radical (unpaired) electrons. The topological polar surface area (TPSA) is 45.9 Å². The van der Waals surface area contributed by atoms with Crippen molar-refractivity contribution in [3.8, 4) is 0 Å². The summed E-state index contributed by atoms with van der Waals surface area (Å²) in [6.45, 7) is 3.28. The van der Waals surface area contributed by atoms with Crippen molar-refractivity contribution in [2.75, 3.05) is 34.4 Å². The van der Waals surface area contributed by atoms with E-state index in [4.69, 9.17) is 14.7 Å². The lowest BCUT2D eigenvalue weighted by Gasteiger charge is -2.32. The van der Waals surface area contributed by atoms with Crippen molar-refractivity contribution in [1.82, 2.24) is 24.2 Å². The predicted octanol–water partition coefficient (Wildman–Crippen LogP) is 3.32. The highest BCUT2D eigenvalue weighted by Gasteiger charge is 2.26. The smallest absolute Gasteiger partial charge is 0.137 e. The van der Waals surface area contributed by atoms with Gasteiger partial charge in [-0.15, -0.1) is 0 Å². The number of nitrogens with zero attached hydrogens (tertiary/aromatic N) is 5. The van der Waals surface area contributed by atoms with Gasteiger partial charge in [0.05, 0.1) is 29.7 Å². The van der Waals surface area contributed by atoms with Gasteiger partial charge in [0.15, 0.2) is 0 Å². The van der Waals surface area contributed by atoms with Crippen LogP contribution in [0.1, 0.15) is 41.5 Å². The zero-order chi connectivity index (χ0) is 20.2. The summed E-state index contributed by atoms with van der Waals surface area (Å²) >= 11 is 0. The molecule has 29 heavy (non-hydrogen) atoms. The summed E-state index contributed by atoms with van der Waals surface area (Å²) in [6.07, 6.45) is 7.54. The molecule has 0 spiro atoms. The van der Waals surface area contributed by atoms with Gasteiger partial charge in [0, 0.05) is 39.1 Å². The Morgan fingerprint density at radius 1 is 1.17 bits per heavy atom. The Morgan fingerprint density at radius 3 is 2.93 bits per heavy atom. The SMILES string of the molecule is COCCN(C)Cc1c(CN(C)[C@H]2CCCc3cccnc32)nc2ccccn12. The van der Waals surface area contributed by atoms with Gasteiger partial charge in [-0.05, 0) is 57.1 Å². The van der Waals surface area contributed by atoms with Crippen LogP contribution in [0.3, 0.4) is 0 Å². The third-order valence-corrected chi connectivity index (χ3v) is 5.91. The molecule has 4 rings (SSSR count). The van der Waals surface area contributed by atoms with Crippen LogP contribution in [-0.4, -0.2) is 58.5 Å². The van der Waals surface area contributed by atoms with Crippen LogP contribution in [-0.2, 0) is 24.2 Å². The number of hydrogen-bond acceptors (Lipinski definition) is 5. The van der Waals surface area contributed by atoms with Crippen LogP contribution in [0.15, 0.2) is 42.7 Å². The number of fused-ring (bicyclic) bond motifs is 2. The summed E-state index contributed by atoms with van der Waals surface area (Å²) in [5.41, 5.74) is 6.04. The van der Waals surface area contributed by atoms with E-state index in [-0.39, 0.29) is 0 Å². The fourth-order valence-corrected chi connectivity index (χ4v) is 4.33. The number of aromatic nitrogens is 3. The van der Waals surface area contributed by atoms with Gasteiger partial charge in [-0.2, -0.15) is 0 Å². The summed E-state index contributed by atoms with van der Waals surface area (Å²) < 4.78 is 7.47. The lowest BCUT2D eigenvalue weighted by atomic mass is 9.91. The first kappa shape index (κ1) is 20.0. The van der Waals surface area contributed by atoms with Gasteiger partial charge in [0.1, 0.15) is 5.65 Å². The molecule has 6 heteroatoms. The molecule has 0 aromatic carbocycles. The molecule has 1 atom stereocenters. The monoisotopic (exact) mass is 393 g/mol. The first-order chi connectivity index (χ1) is 14.2. The number of pyridine rings is 2. The highest BCUT2D eigenvalue weighted by atomic mass is 16.5. The summed E-state index contributed by atoms with van der Waals surface area (Å²) in [6, 6.07) is 10.8. The van der Waals surface area contributed by atoms with Crippen LogP contribution < -0.4 is 0 Å². The first-order valence-electron chi connectivity index (χ1n) is 10.4. The minimum atomic E-state index is 0.351. The molecule has 0 fully saturated rings. The van der Waals surface area contributed by atoms with Gasteiger partial charge in [-0.25, -0.2) is 4.98 Å². The van der Waals surface area contributed by atoms with E-state index in [2.05, 4.69) is 64.8 Å². The second-order valence-corrected chi connectivity index (χ2v) is 8.04.